The number of rotatable bonds is 7. The first-order valence-corrected chi connectivity index (χ1v) is 12.3. The normalized spacial score (nSPS) is 20.0. The lowest BCUT2D eigenvalue weighted by atomic mass is 9.89. The number of carbonyl (C=O) groups excluding carboxylic acids is 1. The molecule has 1 aromatic carbocycles. The van der Waals surface area contributed by atoms with Crippen molar-refractivity contribution < 1.29 is 14.3 Å². The fourth-order valence-electron chi connectivity index (χ4n) is 4.98. The number of benzene rings is 1. The molecule has 0 radical (unpaired) electrons. The number of piperidine rings is 1. The Bertz CT molecular complexity index is 1160. The number of amides is 1. The number of nitrogens with zero attached hydrogens (tertiary/aromatic N) is 7. The Morgan fingerprint density at radius 2 is 1.77 bits per heavy atom. The van der Waals surface area contributed by atoms with Crippen LogP contribution in [-0.4, -0.2) is 95.0 Å². The summed E-state index contributed by atoms with van der Waals surface area (Å²) in [7, 11) is 3.44. The predicted molar refractivity (Wildman–Crippen MR) is 132 cm³/mol. The van der Waals surface area contributed by atoms with Gasteiger partial charge in [0.25, 0.3) is 0 Å². The third kappa shape index (κ3) is 4.88. The summed E-state index contributed by atoms with van der Waals surface area (Å²) in [5.41, 5.74) is 2.02. The zero-order valence-electron chi connectivity index (χ0n) is 20.6. The molecule has 0 bridgehead atoms. The van der Waals surface area contributed by atoms with E-state index in [9.17, 15) is 4.79 Å². The Balaban J connectivity index is 1.12. The molecule has 0 saturated carbocycles. The molecule has 10 heteroatoms. The Labute approximate surface area is 205 Å². The molecule has 5 rings (SSSR count). The smallest absolute Gasteiger partial charge is 0.338 e. The summed E-state index contributed by atoms with van der Waals surface area (Å²) in [6.45, 7) is 6.84. The monoisotopic (exact) mass is 479 g/mol. The minimum Gasteiger partial charge on any atom is -0.492 e. The number of anilines is 1. The second-order valence-electron chi connectivity index (χ2n) is 9.30. The standard InChI is InChI=1S/C25H33N7O3/c1-18-24(33)29(2)14-15-30(18)16-17-35-21-6-4-19(5-7-21)20-10-12-31(13-11-20)23-9-8-22-26-27-25(34-3)32(22)28-23/h4-9,18,20H,10-17H2,1-3H3/t18-/m1/s1. The number of methoxy groups -OCH3 is 1. The highest BCUT2D eigenvalue weighted by molar-refractivity contribution is 5.81. The average molecular weight is 480 g/mol. The van der Waals surface area contributed by atoms with Crippen molar-refractivity contribution in [3.05, 3.63) is 42.0 Å². The summed E-state index contributed by atoms with van der Waals surface area (Å²) < 4.78 is 12.9. The summed E-state index contributed by atoms with van der Waals surface area (Å²) in [5, 5.41) is 12.7. The number of likely N-dealkylation sites (N-methyl/N-ethyl adjacent to an activating group) is 1. The van der Waals surface area contributed by atoms with Crippen LogP contribution >= 0.6 is 0 Å². The number of hydrogen-bond donors (Lipinski definition) is 0. The second kappa shape index (κ2) is 10.1. The van der Waals surface area contributed by atoms with Gasteiger partial charge in [-0.15, -0.1) is 10.2 Å². The molecule has 0 unspecified atom stereocenters. The number of carbonyl (C=O) groups is 1. The van der Waals surface area contributed by atoms with Crippen LogP contribution in [-0.2, 0) is 4.79 Å². The van der Waals surface area contributed by atoms with Gasteiger partial charge in [-0.1, -0.05) is 17.2 Å². The summed E-state index contributed by atoms with van der Waals surface area (Å²) in [4.78, 5) is 18.4. The highest BCUT2D eigenvalue weighted by Gasteiger charge is 2.29. The largest absolute Gasteiger partial charge is 0.492 e. The third-order valence-electron chi connectivity index (χ3n) is 7.22. The van der Waals surface area contributed by atoms with Gasteiger partial charge in [-0.25, -0.2) is 0 Å². The van der Waals surface area contributed by atoms with Gasteiger partial charge in [-0.05, 0) is 55.5 Å². The number of ether oxygens (including phenoxy) is 2. The average Bonchev–Trinajstić information content (AvgIpc) is 3.31. The van der Waals surface area contributed by atoms with Crippen molar-refractivity contribution in [2.45, 2.75) is 31.7 Å². The molecule has 35 heavy (non-hydrogen) atoms. The van der Waals surface area contributed by atoms with Crippen LogP contribution in [0, 0.1) is 0 Å². The Kier molecular flexibility index (Phi) is 6.72. The fourth-order valence-corrected chi connectivity index (χ4v) is 4.98. The van der Waals surface area contributed by atoms with Crippen LogP contribution in [0.2, 0.25) is 0 Å². The lowest BCUT2D eigenvalue weighted by Gasteiger charge is -2.37. The minimum atomic E-state index is -0.0821. The van der Waals surface area contributed by atoms with Gasteiger partial charge in [-0.2, -0.15) is 4.52 Å². The summed E-state index contributed by atoms with van der Waals surface area (Å²) in [6.07, 6.45) is 2.13. The fraction of sp³-hybridized carbons (Fsp3) is 0.520. The highest BCUT2D eigenvalue weighted by Crippen LogP contribution is 2.31. The summed E-state index contributed by atoms with van der Waals surface area (Å²) in [6, 6.07) is 12.7. The van der Waals surface area contributed by atoms with Crippen molar-refractivity contribution in [1.29, 1.82) is 0 Å². The number of aromatic nitrogens is 4. The topological polar surface area (TPSA) is 88.3 Å². The first-order valence-electron chi connectivity index (χ1n) is 12.3. The lowest BCUT2D eigenvalue weighted by molar-refractivity contribution is -0.139. The summed E-state index contributed by atoms with van der Waals surface area (Å²) in [5.74, 6) is 2.49. The number of hydrogen-bond acceptors (Lipinski definition) is 8. The van der Waals surface area contributed by atoms with E-state index in [1.165, 1.54) is 5.56 Å². The van der Waals surface area contributed by atoms with E-state index in [2.05, 4.69) is 49.4 Å². The minimum absolute atomic E-state index is 0.0821. The molecule has 3 aromatic rings. The van der Waals surface area contributed by atoms with Crippen molar-refractivity contribution >= 4 is 17.4 Å². The van der Waals surface area contributed by atoms with Gasteiger partial charge in [0, 0.05) is 39.8 Å². The molecule has 4 heterocycles. The van der Waals surface area contributed by atoms with E-state index >= 15 is 0 Å². The van der Waals surface area contributed by atoms with Gasteiger partial charge in [0.1, 0.15) is 18.2 Å². The van der Waals surface area contributed by atoms with E-state index in [0.29, 0.717) is 24.2 Å². The lowest BCUT2D eigenvalue weighted by Crippen LogP contribution is -2.55. The quantitative estimate of drug-likeness (QED) is 0.509. The van der Waals surface area contributed by atoms with E-state index in [-0.39, 0.29) is 11.9 Å². The van der Waals surface area contributed by atoms with Gasteiger partial charge in [0.2, 0.25) is 5.91 Å². The third-order valence-corrected chi connectivity index (χ3v) is 7.22. The Morgan fingerprint density at radius 3 is 2.51 bits per heavy atom. The molecule has 1 amide bonds. The predicted octanol–water partition coefficient (Wildman–Crippen LogP) is 2.06. The van der Waals surface area contributed by atoms with Crippen molar-refractivity contribution in [1.82, 2.24) is 29.6 Å². The molecule has 2 aliphatic heterocycles. The molecule has 2 fully saturated rings. The van der Waals surface area contributed by atoms with Crippen LogP contribution in [0.15, 0.2) is 36.4 Å². The molecule has 2 saturated heterocycles. The van der Waals surface area contributed by atoms with Gasteiger partial charge >= 0.3 is 6.01 Å². The molecule has 0 spiro atoms. The van der Waals surface area contributed by atoms with Gasteiger partial charge < -0.3 is 19.3 Å². The zero-order chi connectivity index (χ0) is 24.4. The maximum atomic E-state index is 12.2. The molecular formula is C25H33N7O3. The Hall–Kier alpha value is -3.40. The van der Waals surface area contributed by atoms with Gasteiger partial charge in [-0.3, -0.25) is 9.69 Å². The van der Waals surface area contributed by atoms with Crippen molar-refractivity contribution in [2.75, 3.05) is 58.4 Å². The molecule has 0 aliphatic carbocycles. The van der Waals surface area contributed by atoms with E-state index in [0.717, 1.165) is 57.1 Å². The van der Waals surface area contributed by atoms with Gasteiger partial charge in [0.15, 0.2) is 5.65 Å². The highest BCUT2D eigenvalue weighted by atomic mass is 16.5. The van der Waals surface area contributed by atoms with Crippen LogP contribution in [0.1, 0.15) is 31.2 Å². The molecule has 2 aliphatic rings. The molecule has 186 valence electrons. The zero-order valence-corrected chi connectivity index (χ0v) is 20.6. The van der Waals surface area contributed by atoms with Crippen LogP contribution in [0.5, 0.6) is 11.8 Å². The number of fused-ring (bicyclic) bond motifs is 1. The van der Waals surface area contributed by atoms with Crippen LogP contribution < -0.4 is 14.4 Å². The first kappa shape index (κ1) is 23.3. The van der Waals surface area contributed by atoms with E-state index in [1.54, 1.807) is 16.5 Å². The molecule has 10 nitrogen and oxygen atoms in total. The second-order valence-corrected chi connectivity index (χ2v) is 9.30. The Morgan fingerprint density at radius 1 is 1.00 bits per heavy atom. The van der Waals surface area contributed by atoms with Crippen molar-refractivity contribution in [3.63, 3.8) is 0 Å². The maximum Gasteiger partial charge on any atom is 0.338 e. The van der Waals surface area contributed by atoms with E-state index in [1.807, 2.05) is 26.1 Å². The summed E-state index contributed by atoms with van der Waals surface area (Å²) >= 11 is 0. The van der Waals surface area contributed by atoms with Crippen molar-refractivity contribution in [3.8, 4) is 11.8 Å². The molecule has 2 aromatic heterocycles. The van der Waals surface area contributed by atoms with Crippen LogP contribution in [0.3, 0.4) is 0 Å². The van der Waals surface area contributed by atoms with Crippen LogP contribution in [0.4, 0.5) is 5.82 Å². The van der Waals surface area contributed by atoms with Crippen LogP contribution in [0.25, 0.3) is 5.65 Å². The molecule has 0 N–H and O–H groups in total. The van der Waals surface area contributed by atoms with E-state index in [4.69, 9.17) is 9.47 Å². The molecular weight excluding hydrogens is 446 g/mol. The van der Waals surface area contributed by atoms with E-state index < -0.39 is 0 Å². The maximum absolute atomic E-state index is 12.2. The number of piperazine rings is 1. The molecule has 1 atom stereocenters. The van der Waals surface area contributed by atoms with Gasteiger partial charge in [0.05, 0.1) is 13.2 Å². The van der Waals surface area contributed by atoms with Crippen molar-refractivity contribution in [2.24, 2.45) is 0 Å². The first-order chi connectivity index (χ1) is 17.0. The SMILES string of the molecule is COc1nnc2ccc(N3CCC(c4ccc(OCCN5CCN(C)C(=O)[C@H]5C)cc4)CC3)nn12.